The van der Waals surface area contributed by atoms with Crippen LogP contribution in [0.4, 0.5) is 28.9 Å². The Bertz CT molecular complexity index is 864. The molecule has 0 aliphatic rings. The molecule has 0 heterocycles. The van der Waals surface area contributed by atoms with Gasteiger partial charge in [-0.3, -0.25) is 4.57 Å². The van der Waals surface area contributed by atoms with Crippen LogP contribution in [0.5, 0.6) is 0 Å². The first-order valence-electron chi connectivity index (χ1n) is 8.49. The number of anilines is 2. The number of hydrogen-bond acceptors (Lipinski definition) is 5. The molecule has 0 saturated heterocycles. The van der Waals surface area contributed by atoms with E-state index in [1.54, 1.807) is 19.9 Å². The number of nitrogens with one attached hydrogen (secondary N) is 1. The van der Waals surface area contributed by atoms with Gasteiger partial charge in [0.2, 0.25) is 0 Å². The number of nitrogens with two attached hydrogens (primary N) is 1. The zero-order chi connectivity index (χ0) is 20.9. The van der Waals surface area contributed by atoms with Crippen molar-refractivity contribution in [1.29, 1.82) is 0 Å². The molecular weight excluding hydrogens is 399 g/mol. The molecule has 0 amide bonds. The number of benzene rings is 2. The maximum Gasteiger partial charge on any atom is 0.418 e. The highest BCUT2D eigenvalue weighted by Gasteiger charge is 2.35. The summed E-state index contributed by atoms with van der Waals surface area (Å²) in [4.78, 5) is 0. The summed E-state index contributed by atoms with van der Waals surface area (Å²) in [5.74, 6) is -0.630. The quantitative estimate of drug-likeness (QED) is 0.324. The largest absolute Gasteiger partial charge is 0.418 e. The van der Waals surface area contributed by atoms with Gasteiger partial charge in [-0.05, 0) is 32.0 Å². The van der Waals surface area contributed by atoms with Gasteiger partial charge in [0.1, 0.15) is 12.1 Å². The zero-order valence-corrected chi connectivity index (χ0v) is 16.2. The van der Waals surface area contributed by atoms with E-state index < -0.39 is 37.1 Å². The monoisotopic (exact) mass is 420 g/mol. The molecular formula is C18H21F4N2O3P. The molecule has 0 atom stereocenters. The Balaban J connectivity index is 2.50. The summed E-state index contributed by atoms with van der Waals surface area (Å²) in [5, 5.41) is 2.48. The molecule has 0 unspecified atom stereocenters. The summed E-state index contributed by atoms with van der Waals surface area (Å²) < 4.78 is 77.2. The van der Waals surface area contributed by atoms with Gasteiger partial charge in [-0.25, -0.2) is 4.39 Å². The van der Waals surface area contributed by atoms with Gasteiger partial charge in [-0.15, -0.1) is 0 Å². The van der Waals surface area contributed by atoms with Crippen LogP contribution in [0, 0.1) is 5.82 Å². The lowest BCUT2D eigenvalue weighted by Gasteiger charge is -2.21. The fourth-order valence-corrected chi connectivity index (χ4v) is 4.02. The van der Waals surface area contributed by atoms with E-state index in [1.807, 2.05) is 0 Å². The highest BCUT2D eigenvalue weighted by molar-refractivity contribution is 7.53. The first-order chi connectivity index (χ1) is 13.1. The van der Waals surface area contributed by atoms with Gasteiger partial charge in [0.15, 0.2) is 0 Å². The topological polar surface area (TPSA) is 73.6 Å². The fourth-order valence-electron chi connectivity index (χ4n) is 2.61. The number of halogens is 4. The summed E-state index contributed by atoms with van der Waals surface area (Å²) >= 11 is 0. The maximum atomic E-state index is 14.1. The highest BCUT2D eigenvalue weighted by atomic mass is 31.2. The Labute approximate surface area is 160 Å². The molecule has 28 heavy (non-hydrogen) atoms. The van der Waals surface area contributed by atoms with E-state index in [1.165, 1.54) is 18.2 Å². The van der Waals surface area contributed by atoms with Crippen molar-refractivity contribution in [2.45, 2.75) is 20.0 Å². The molecule has 0 radical (unpaired) electrons. The maximum absolute atomic E-state index is 14.1. The molecule has 0 aliphatic heterocycles. The number of hydrogen-bond donors (Lipinski definition) is 2. The molecule has 0 saturated carbocycles. The molecule has 10 heteroatoms. The van der Waals surface area contributed by atoms with Gasteiger partial charge < -0.3 is 20.1 Å². The van der Waals surface area contributed by atoms with E-state index in [0.29, 0.717) is 0 Å². The fraction of sp³-hybridized carbons (Fsp3) is 0.333. The first kappa shape index (κ1) is 22.2. The van der Waals surface area contributed by atoms with E-state index in [0.717, 1.165) is 12.1 Å². The lowest BCUT2D eigenvalue weighted by Crippen LogP contribution is -2.14. The van der Waals surface area contributed by atoms with Gasteiger partial charge in [-0.1, -0.05) is 18.2 Å². The Kier molecular flexibility index (Phi) is 7.09. The molecule has 2 aromatic carbocycles. The molecule has 0 spiro atoms. The molecule has 0 fully saturated rings. The van der Waals surface area contributed by atoms with Crippen molar-refractivity contribution < 1.29 is 31.2 Å². The van der Waals surface area contributed by atoms with Crippen molar-refractivity contribution >= 4 is 19.0 Å². The van der Waals surface area contributed by atoms with Crippen molar-refractivity contribution in [3.8, 4) is 11.1 Å². The van der Waals surface area contributed by atoms with Crippen LogP contribution < -0.4 is 11.1 Å². The molecule has 154 valence electrons. The second-order valence-electron chi connectivity index (χ2n) is 5.74. The molecule has 2 aromatic rings. The van der Waals surface area contributed by atoms with E-state index >= 15 is 0 Å². The Morgan fingerprint density at radius 2 is 1.68 bits per heavy atom. The Morgan fingerprint density at radius 1 is 1.07 bits per heavy atom. The minimum absolute atomic E-state index is 0.0505. The lowest BCUT2D eigenvalue weighted by molar-refractivity contribution is -0.136. The summed E-state index contributed by atoms with van der Waals surface area (Å²) in [6.07, 6.45) is -5.22. The molecule has 5 nitrogen and oxygen atoms in total. The minimum atomic E-state index is -4.73. The summed E-state index contributed by atoms with van der Waals surface area (Å²) in [7, 11) is -3.65. The van der Waals surface area contributed by atoms with Crippen molar-refractivity contribution in [1.82, 2.24) is 0 Å². The Hall–Kier alpha value is -2.09. The predicted molar refractivity (Wildman–Crippen MR) is 101 cm³/mol. The first-order valence-corrected chi connectivity index (χ1v) is 10.2. The molecule has 3 N–H and O–H groups in total. The van der Waals surface area contributed by atoms with Crippen LogP contribution >= 0.6 is 7.60 Å². The average Bonchev–Trinajstić information content (AvgIpc) is 2.61. The number of rotatable bonds is 8. The van der Waals surface area contributed by atoms with Gasteiger partial charge in [-0.2, -0.15) is 13.2 Å². The SMILES string of the molecule is CCOP(=O)(CNc1cc(-c2ccccc2F)c(N)cc1C(F)(F)F)OCC. The van der Waals surface area contributed by atoms with Crippen molar-refractivity contribution in [2.75, 3.05) is 30.6 Å². The second-order valence-corrected chi connectivity index (χ2v) is 7.80. The van der Waals surface area contributed by atoms with Crippen molar-refractivity contribution in [3.63, 3.8) is 0 Å². The van der Waals surface area contributed by atoms with Crippen LogP contribution in [0.1, 0.15) is 19.4 Å². The van der Waals surface area contributed by atoms with Gasteiger partial charge in [0, 0.05) is 22.5 Å². The van der Waals surface area contributed by atoms with Gasteiger partial charge in [0.05, 0.1) is 18.8 Å². The number of alkyl halides is 3. The van der Waals surface area contributed by atoms with Crippen LogP contribution in [-0.4, -0.2) is 19.5 Å². The third-order valence-electron chi connectivity index (χ3n) is 3.77. The van der Waals surface area contributed by atoms with Crippen molar-refractivity contribution in [2.24, 2.45) is 0 Å². The molecule has 0 bridgehead atoms. The van der Waals surface area contributed by atoms with Crippen LogP contribution in [0.25, 0.3) is 11.1 Å². The lowest BCUT2D eigenvalue weighted by atomic mass is 9.99. The smallest absolute Gasteiger partial charge is 0.398 e. The van der Waals surface area contributed by atoms with Crippen LogP contribution in [0.3, 0.4) is 0 Å². The standard InChI is InChI=1S/C18H21F4N2O3P/c1-3-26-28(25,27-4-2)11-24-17-9-13(12-7-5-6-8-15(12)19)16(23)10-14(17)18(20,21)22/h5-10,24H,3-4,11,23H2,1-2H3. The number of nitrogen functional groups attached to an aromatic ring is 1. The van der Waals surface area contributed by atoms with E-state index in [9.17, 15) is 22.1 Å². The van der Waals surface area contributed by atoms with Gasteiger partial charge in [0.25, 0.3) is 0 Å². The van der Waals surface area contributed by atoms with Crippen LogP contribution in [-0.2, 0) is 19.8 Å². The third-order valence-corrected chi connectivity index (χ3v) is 5.62. The average molecular weight is 420 g/mol. The zero-order valence-electron chi connectivity index (χ0n) is 15.3. The Morgan fingerprint density at radius 3 is 2.21 bits per heavy atom. The van der Waals surface area contributed by atoms with Gasteiger partial charge >= 0.3 is 13.8 Å². The minimum Gasteiger partial charge on any atom is -0.398 e. The summed E-state index contributed by atoms with van der Waals surface area (Å²) in [5.41, 5.74) is 4.19. The summed E-state index contributed by atoms with van der Waals surface area (Å²) in [6, 6.07) is 7.39. The van der Waals surface area contributed by atoms with Crippen LogP contribution in [0.15, 0.2) is 36.4 Å². The van der Waals surface area contributed by atoms with E-state index in [2.05, 4.69) is 5.32 Å². The normalized spacial score (nSPS) is 12.2. The van der Waals surface area contributed by atoms with Crippen LogP contribution in [0.2, 0.25) is 0 Å². The predicted octanol–water partition coefficient (Wildman–Crippen LogP) is 5.73. The molecule has 0 aromatic heterocycles. The highest BCUT2D eigenvalue weighted by Crippen LogP contribution is 2.49. The molecule has 2 rings (SSSR count). The van der Waals surface area contributed by atoms with E-state index in [-0.39, 0.29) is 30.0 Å². The summed E-state index contributed by atoms with van der Waals surface area (Å²) in [6.45, 7) is 3.30. The van der Waals surface area contributed by atoms with E-state index in [4.69, 9.17) is 14.8 Å². The van der Waals surface area contributed by atoms with Crippen molar-refractivity contribution in [3.05, 3.63) is 47.8 Å². The molecule has 0 aliphatic carbocycles. The third kappa shape index (κ3) is 5.25. The second kappa shape index (κ2) is 8.94.